The maximum atomic E-state index is 9.15. The SMILES string of the molecule is CCCCCCCOc1ccc(CC[C@](C)(N)CO)cc1.Cl. The zero-order valence-electron chi connectivity index (χ0n) is 14.0. The number of ether oxygens (including phenoxy) is 1. The quantitative estimate of drug-likeness (QED) is 0.601. The highest BCUT2D eigenvalue weighted by Gasteiger charge is 2.16. The number of benzene rings is 1. The van der Waals surface area contributed by atoms with Gasteiger partial charge in [-0.05, 0) is 43.9 Å². The number of hydrogen-bond donors (Lipinski definition) is 2. The lowest BCUT2D eigenvalue weighted by Gasteiger charge is -2.21. The van der Waals surface area contributed by atoms with Crippen LogP contribution in [0.4, 0.5) is 0 Å². The Kier molecular flexibility index (Phi) is 11.3. The van der Waals surface area contributed by atoms with Crippen LogP contribution in [0.15, 0.2) is 24.3 Å². The molecule has 1 aromatic carbocycles. The minimum atomic E-state index is -0.492. The van der Waals surface area contributed by atoms with E-state index in [2.05, 4.69) is 19.1 Å². The van der Waals surface area contributed by atoms with Gasteiger partial charge in [-0.15, -0.1) is 12.4 Å². The first kappa shape index (κ1) is 21.2. The summed E-state index contributed by atoms with van der Waals surface area (Å²) in [4.78, 5) is 0. The Bertz CT molecular complexity index is 379. The fourth-order valence-electron chi connectivity index (χ4n) is 2.16. The van der Waals surface area contributed by atoms with Crippen molar-refractivity contribution in [2.24, 2.45) is 5.73 Å². The highest BCUT2D eigenvalue weighted by Crippen LogP contribution is 2.16. The minimum absolute atomic E-state index is 0. The molecule has 0 radical (unpaired) electrons. The van der Waals surface area contributed by atoms with E-state index in [0.717, 1.165) is 31.6 Å². The molecular weight excluding hydrogens is 298 g/mol. The first-order chi connectivity index (χ1) is 10.1. The lowest BCUT2D eigenvalue weighted by atomic mass is 9.95. The number of aliphatic hydroxyl groups is 1. The number of halogens is 1. The molecule has 4 heteroatoms. The Morgan fingerprint density at radius 2 is 1.73 bits per heavy atom. The van der Waals surface area contributed by atoms with Crippen LogP contribution >= 0.6 is 12.4 Å². The summed E-state index contributed by atoms with van der Waals surface area (Å²) in [5.41, 5.74) is 6.67. The summed E-state index contributed by atoms with van der Waals surface area (Å²) in [7, 11) is 0. The summed E-state index contributed by atoms with van der Waals surface area (Å²) in [5, 5.41) is 9.15. The second-order valence-electron chi connectivity index (χ2n) is 6.22. The summed E-state index contributed by atoms with van der Waals surface area (Å²) >= 11 is 0. The van der Waals surface area contributed by atoms with E-state index < -0.39 is 5.54 Å². The summed E-state index contributed by atoms with van der Waals surface area (Å²) in [6.45, 7) is 4.93. The molecule has 1 rings (SSSR count). The van der Waals surface area contributed by atoms with E-state index in [1.807, 2.05) is 19.1 Å². The number of rotatable bonds is 11. The first-order valence-electron chi connectivity index (χ1n) is 8.19. The lowest BCUT2D eigenvalue weighted by Crippen LogP contribution is -2.40. The van der Waals surface area contributed by atoms with Gasteiger partial charge in [0, 0.05) is 5.54 Å². The Morgan fingerprint density at radius 1 is 1.09 bits per heavy atom. The van der Waals surface area contributed by atoms with Gasteiger partial charge in [0.25, 0.3) is 0 Å². The van der Waals surface area contributed by atoms with Crippen molar-refractivity contribution < 1.29 is 9.84 Å². The topological polar surface area (TPSA) is 55.5 Å². The molecule has 0 aliphatic rings. The fourth-order valence-corrected chi connectivity index (χ4v) is 2.16. The predicted molar refractivity (Wildman–Crippen MR) is 95.9 cm³/mol. The molecule has 0 aliphatic carbocycles. The number of unbranched alkanes of at least 4 members (excludes halogenated alkanes) is 4. The van der Waals surface area contributed by atoms with Crippen LogP contribution in [0.5, 0.6) is 5.75 Å². The number of aliphatic hydroxyl groups excluding tert-OH is 1. The van der Waals surface area contributed by atoms with Crippen LogP contribution in [0.1, 0.15) is 57.9 Å². The van der Waals surface area contributed by atoms with Gasteiger partial charge in [0.1, 0.15) is 5.75 Å². The molecule has 3 nitrogen and oxygen atoms in total. The Morgan fingerprint density at radius 3 is 2.32 bits per heavy atom. The minimum Gasteiger partial charge on any atom is -0.494 e. The molecule has 1 atom stereocenters. The second kappa shape index (κ2) is 11.8. The summed E-state index contributed by atoms with van der Waals surface area (Å²) in [6, 6.07) is 8.21. The van der Waals surface area contributed by atoms with Crippen LogP contribution in [0.3, 0.4) is 0 Å². The molecule has 22 heavy (non-hydrogen) atoms. The highest BCUT2D eigenvalue weighted by atomic mass is 35.5. The Labute approximate surface area is 141 Å². The van der Waals surface area contributed by atoms with Crippen molar-refractivity contribution >= 4 is 12.4 Å². The summed E-state index contributed by atoms with van der Waals surface area (Å²) in [5.74, 6) is 0.937. The van der Waals surface area contributed by atoms with Crippen molar-refractivity contribution in [2.75, 3.05) is 13.2 Å². The molecule has 0 aromatic heterocycles. The zero-order valence-corrected chi connectivity index (χ0v) is 14.8. The van der Waals surface area contributed by atoms with Gasteiger partial charge in [0.15, 0.2) is 0 Å². The normalized spacial score (nSPS) is 13.3. The zero-order chi connectivity index (χ0) is 15.6. The average molecular weight is 330 g/mol. The number of hydrogen-bond acceptors (Lipinski definition) is 3. The van der Waals surface area contributed by atoms with Crippen LogP contribution < -0.4 is 10.5 Å². The van der Waals surface area contributed by atoms with Gasteiger partial charge in [-0.2, -0.15) is 0 Å². The maximum absolute atomic E-state index is 9.15. The predicted octanol–water partition coefficient (Wildman–Crippen LogP) is 4.10. The molecule has 0 fully saturated rings. The molecular formula is C18H32ClNO2. The van der Waals surface area contributed by atoms with Crippen molar-refractivity contribution in [2.45, 2.75) is 64.3 Å². The van der Waals surface area contributed by atoms with E-state index in [4.69, 9.17) is 15.6 Å². The lowest BCUT2D eigenvalue weighted by molar-refractivity contribution is 0.200. The van der Waals surface area contributed by atoms with Crippen LogP contribution in [-0.2, 0) is 6.42 Å². The average Bonchev–Trinajstić information content (AvgIpc) is 2.50. The monoisotopic (exact) mass is 329 g/mol. The highest BCUT2D eigenvalue weighted by molar-refractivity contribution is 5.85. The van der Waals surface area contributed by atoms with Crippen LogP contribution in [0.25, 0.3) is 0 Å². The summed E-state index contributed by atoms with van der Waals surface area (Å²) in [6.07, 6.45) is 7.95. The third-order valence-corrected chi connectivity index (χ3v) is 3.79. The smallest absolute Gasteiger partial charge is 0.119 e. The molecule has 0 saturated heterocycles. The van der Waals surface area contributed by atoms with Crippen molar-refractivity contribution in [3.63, 3.8) is 0 Å². The standard InChI is InChI=1S/C18H31NO2.ClH/c1-3-4-5-6-7-14-21-17-10-8-16(9-11-17)12-13-18(2,19)15-20;/h8-11,20H,3-7,12-15,19H2,1-2H3;1H/t18-;/m0./s1. The van der Waals surface area contributed by atoms with Gasteiger partial charge in [-0.25, -0.2) is 0 Å². The molecule has 0 unspecified atom stereocenters. The van der Waals surface area contributed by atoms with Crippen LogP contribution in [-0.4, -0.2) is 23.9 Å². The van der Waals surface area contributed by atoms with Gasteiger partial charge in [0.05, 0.1) is 13.2 Å². The van der Waals surface area contributed by atoms with Crippen molar-refractivity contribution in [3.05, 3.63) is 29.8 Å². The van der Waals surface area contributed by atoms with Gasteiger partial charge in [-0.1, -0.05) is 44.7 Å². The van der Waals surface area contributed by atoms with E-state index >= 15 is 0 Å². The summed E-state index contributed by atoms with van der Waals surface area (Å²) < 4.78 is 5.74. The second-order valence-corrected chi connectivity index (χ2v) is 6.22. The molecule has 128 valence electrons. The van der Waals surface area contributed by atoms with Crippen molar-refractivity contribution in [3.8, 4) is 5.75 Å². The Hall–Kier alpha value is -0.770. The van der Waals surface area contributed by atoms with Crippen LogP contribution in [0.2, 0.25) is 0 Å². The van der Waals surface area contributed by atoms with Gasteiger partial charge in [-0.3, -0.25) is 0 Å². The van der Waals surface area contributed by atoms with E-state index in [1.165, 1.54) is 31.2 Å². The van der Waals surface area contributed by atoms with Crippen molar-refractivity contribution in [1.29, 1.82) is 0 Å². The third kappa shape index (κ3) is 9.29. The van der Waals surface area contributed by atoms with Gasteiger partial charge in [0.2, 0.25) is 0 Å². The molecule has 0 heterocycles. The van der Waals surface area contributed by atoms with Gasteiger partial charge >= 0.3 is 0 Å². The molecule has 3 N–H and O–H groups in total. The largest absolute Gasteiger partial charge is 0.494 e. The van der Waals surface area contributed by atoms with E-state index in [0.29, 0.717) is 0 Å². The van der Waals surface area contributed by atoms with Gasteiger partial charge < -0.3 is 15.6 Å². The number of nitrogens with two attached hydrogens (primary N) is 1. The number of aryl methyl sites for hydroxylation is 1. The molecule has 0 saturated carbocycles. The fraction of sp³-hybridized carbons (Fsp3) is 0.667. The van der Waals surface area contributed by atoms with E-state index in [9.17, 15) is 0 Å². The third-order valence-electron chi connectivity index (χ3n) is 3.79. The molecule has 0 spiro atoms. The molecule has 0 aliphatic heterocycles. The molecule has 0 amide bonds. The van der Waals surface area contributed by atoms with E-state index in [-0.39, 0.29) is 19.0 Å². The Balaban J connectivity index is 0.00000441. The first-order valence-corrected chi connectivity index (χ1v) is 8.19. The molecule has 0 bridgehead atoms. The van der Waals surface area contributed by atoms with Crippen LogP contribution in [0, 0.1) is 0 Å². The maximum Gasteiger partial charge on any atom is 0.119 e. The van der Waals surface area contributed by atoms with E-state index in [1.54, 1.807) is 0 Å². The molecule has 1 aromatic rings. The van der Waals surface area contributed by atoms with Crippen molar-refractivity contribution in [1.82, 2.24) is 0 Å².